The van der Waals surface area contributed by atoms with E-state index in [1.807, 2.05) is 30.3 Å². The Balaban J connectivity index is 0.975. The molecule has 0 saturated carbocycles. The molecular formula is C54H39N3. The Kier molecular flexibility index (Phi) is 8.74. The Bertz CT molecular complexity index is 3080. The van der Waals surface area contributed by atoms with Crippen LogP contribution in [0.4, 0.5) is 0 Å². The second-order valence-electron chi connectivity index (χ2n) is 14.5. The van der Waals surface area contributed by atoms with Gasteiger partial charge in [0.2, 0.25) is 0 Å². The largest absolute Gasteiger partial charge is 0.383 e. The molecule has 3 nitrogen and oxygen atoms in total. The van der Waals surface area contributed by atoms with Crippen molar-refractivity contribution in [3.05, 3.63) is 229 Å². The number of nitrogens with two attached hydrogens (primary N) is 1. The molecule has 10 aromatic rings. The van der Waals surface area contributed by atoms with Crippen LogP contribution >= 0.6 is 0 Å². The summed E-state index contributed by atoms with van der Waals surface area (Å²) in [4.78, 5) is 5.02. The zero-order valence-electron chi connectivity index (χ0n) is 31.4. The Labute approximate surface area is 332 Å². The van der Waals surface area contributed by atoms with E-state index in [-0.39, 0.29) is 0 Å². The highest BCUT2D eigenvalue weighted by Gasteiger charge is 2.13. The van der Waals surface area contributed by atoms with Crippen molar-refractivity contribution in [2.24, 2.45) is 10.7 Å². The lowest BCUT2D eigenvalue weighted by molar-refractivity contribution is 1.18. The lowest BCUT2D eigenvalue weighted by Gasteiger charge is -2.12. The van der Waals surface area contributed by atoms with Crippen LogP contribution in [0.5, 0.6) is 0 Å². The van der Waals surface area contributed by atoms with Crippen LogP contribution in [-0.4, -0.2) is 10.4 Å². The van der Waals surface area contributed by atoms with Crippen molar-refractivity contribution in [1.82, 2.24) is 4.57 Å². The first-order valence-electron chi connectivity index (χ1n) is 19.5. The highest BCUT2D eigenvalue weighted by Crippen LogP contribution is 2.36. The predicted molar refractivity (Wildman–Crippen MR) is 242 cm³/mol. The van der Waals surface area contributed by atoms with Gasteiger partial charge in [-0.05, 0) is 91.7 Å². The summed E-state index contributed by atoms with van der Waals surface area (Å²) >= 11 is 0. The van der Waals surface area contributed by atoms with Gasteiger partial charge in [-0.15, -0.1) is 0 Å². The van der Waals surface area contributed by atoms with E-state index in [1.54, 1.807) is 0 Å². The number of fused-ring (bicyclic) bond motifs is 6. The fourth-order valence-electron chi connectivity index (χ4n) is 8.22. The molecule has 0 aliphatic heterocycles. The smallest absolute Gasteiger partial charge is 0.131 e. The monoisotopic (exact) mass is 729 g/mol. The molecule has 0 amide bonds. The van der Waals surface area contributed by atoms with Gasteiger partial charge in [0.15, 0.2) is 0 Å². The molecule has 0 radical (unpaired) electrons. The number of aromatic nitrogens is 1. The SMILES string of the molecule is NC(=N/C(=C\Cc1ccc(-c2cc3ccccc3c3ccccc23)cc1)c1ccc(-c2cccc(-n3c4ccccc4c4ccccc43)c2)cc1)c1ccccc1. The molecule has 0 bridgehead atoms. The molecule has 1 aromatic heterocycles. The molecule has 0 fully saturated rings. The second kappa shape index (κ2) is 14.6. The molecule has 57 heavy (non-hydrogen) atoms. The minimum atomic E-state index is 0.489. The van der Waals surface area contributed by atoms with Gasteiger partial charge in [-0.1, -0.05) is 182 Å². The summed E-state index contributed by atoms with van der Waals surface area (Å²) in [6, 6.07) is 73.3. The number of allylic oxidation sites excluding steroid dienone is 1. The molecule has 2 N–H and O–H groups in total. The summed E-state index contributed by atoms with van der Waals surface area (Å²) in [5.41, 5.74) is 18.9. The topological polar surface area (TPSA) is 43.3 Å². The van der Waals surface area contributed by atoms with Crippen molar-refractivity contribution in [3.8, 4) is 27.9 Å². The molecule has 270 valence electrons. The van der Waals surface area contributed by atoms with Crippen molar-refractivity contribution < 1.29 is 0 Å². The molecule has 0 aliphatic rings. The molecular weight excluding hydrogens is 691 g/mol. The highest BCUT2D eigenvalue weighted by molar-refractivity contribution is 6.14. The highest BCUT2D eigenvalue weighted by atomic mass is 15.0. The summed E-state index contributed by atoms with van der Waals surface area (Å²) < 4.78 is 2.36. The number of rotatable bonds is 8. The number of benzene rings is 9. The van der Waals surface area contributed by atoms with Crippen LogP contribution in [0.25, 0.3) is 77.0 Å². The van der Waals surface area contributed by atoms with Crippen molar-refractivity contribution in [2.45, 2.75) is 6.42 Å². The summed E-state index contributed by atoms with van der Waals surface area (Å²) in [5.74, 6) is 0.489. The van der Waals surface area contributed by atoms with Gasteiger partial charge < -0.3 is 10.3 Å². The van der Waals surface area contributed by atoms with Gasteiger partial charge in [-0.3, -0.25) is 0 Å². The van der Waals surface area contributed by atoms with Crippen LogP contribution < -0.4 is 5.73 Å². The van der Waals surface area contributed by atoms with E-state index >= 15 is 0 Å². The molecule has 0 saturated heterocycles. The van der Waals surface area contributed by atoms with Crippen LogP contribution in [-0.2, 0) is 6.42 Å². The molecule has 0 atom stereocenters. The molecule has 3 heteroatoms. The van der Waals surface area contributed by atoms with Gasteiger partial charge in [-0.2, -0.15) is 0 Å². The van der Waals surface area contributed by atoms with Crippen LogP contribution in [0.3, 0.4) is 0 Å². The molecule has 0 unspecified atom stereocenters. The van der Waals surface area contributed by atoms with Gasteiger partial charge in [0.05, 0.1) is 16.7 Å². The van der Waals surface area contributed by atoms with E-state index in [0.29, 0.717) is 12.3 Å². The zero-order chi connectivity index (χ0) is 38.1. The Morgan fingerprint density at radius 1 is 0.456 bits per heavy atom. The van der Waals surface area contributed by atoms with Crippen molar-refractivity contribution in [2.75, 3.05) is 0 Å². The van der Waals surface area contributed by atoms with Crippen LogP contribution in [0.2, 0.25) is 0 Å². The normalized spacial score (nSPS) is 12.2. The average Bonchev–Trinajstić information content (AvgIpc) is 3.62. The number of hydrogen-bond donors (Lipinski definition) is 1. The van der Waals surface area contributed by atoms with E-state index in [1.165, 1.54) is 60.0 Å². The van der Waals surface area contributed by atoms with E-state index in [4.69, 9.17) is 10.7 Å². The molecule has 0 aliphatic carbocycles. The first-order valence-corrected chi connectivity index (χ1v) is 19.5. The summed E-state index contributed by atoms with van der Waals surface area (Å²) in [7, 11) is 0. The second-order valence-corrected chi connectivity index (χ2v) is 14.5. The first kappa shape index (κ1) is 34.0. The van der Waals surface area contributed by atoms with Gasteiger partial charge in [0, 0.05) is 22.0 Å². The summed E-state index contributed by atoms with van der Waals surface area (Å²) in [5, 5.41) is 7.58. The molecule has 10 rings (SSSR count). The van der Waals surface area contributed by atoms with E-state index in [9.17, 15) is 0 Å². The molecule has 9 aromatic carbocycles. The van der Waals surface area contributed by atoms with Crippen molar-refractivity contribution in [1.29, 1.82) is 0 Å². The van der Waals surface area contributed by atoms with Gasteiger partial charge >= 0.3 is 0 Å². The number of amidine groups is 1. The predicted octanol–water partition coefficient (Wildman–Crippen LogP) is 13.4. The lowest BCUT2D eigenvalue weighted by atomic mass is 9.93. The fraction of sp³-hybridized carbons (Fsp3) is 0.0185. The minimum absolute atomic E-state index is 0.489. The number of hydrogen-bond acceptors (Lipinski definition) is 1. The maximum Gasteiger partial charge on any atom is 0.131 e. The maximum absolute atomic E-state index is 6.64. The van der Waals surface area contributed by atoms with Gasteiger partial charge in [0.1, 0.15) is 5.84 Å². The van der Waals surface area contributed by atoms with Crippen LogP contribution in [0.1, 0.15) is 16.7 Å². The average molecular weight is 730 g/mol. The quantitative estimate of drug-likeness (QED) is 0.0944. The zero-order valence-corrected chi connectivity index (χ0v) is 31.4. The fourth-order valence-corrected chi connectivity index (χ4v) is 8.22. The maximum atomic E-state index is 6.64. The van der Waals surface area contributed by atoms with Gasteiger partial charge in [0.25, 0.3) is 0 Å². The van der Waals surface area contributed by atoms with Crippen molar-refractivity contribution in [3.63, 3.8) is 0 Å². The third-order valence-corrected chi connectivity index (χ3v) is 11.1. The lowest BCUT2D eigenvalue weighted by Crippen LogP contribution is -2.13. The van der Waals surface area contributed by atoms with E-state index in [0.717, 1.165) is 33.6 Å². The van der Waals surface area contributed by atoms with E-state index < -0.39 is 0 Å². The van der Waals surface area contributed by atoms with Crippen LogP contribution in [0.15, 0.2) is 217 Å². The van der Waals surface area contributed by atoms with Gasteiger partial charge in [-0.25, -0.2) is 4.99 Å². The Morgan fingerprint density at radius 2 is 1.05 bits per heavy atom. The summed E-state index contributed by atoms with van der Waals surface area (Å²) in [6.07, 6.45) is 2.90. The Hall–Kier alpha value is -7.49. The van der Waals surface area contributed by atoms with Crippen molar-refractivity contribution >= 4 is 54.9 Å². The number of aliphatic imine (C=N–C) groups is 1. The standard InChI is InChI=1S/C54H39N3/c55-54(41-13-2-1-3-14-41)56-51(34-27-37-25-28-39(29-26-37)50-36-43-15-4-5-18-45(43)46-19-6-7-20-47(46)50)40-32-30-38(31-33-40)42-16-12-17-44(35-42)57-52-23-10-8-21-48(52)49-22-9-11-24-53(49)57/h1-26,28-36H,27H2,(H2,55,56)/b51-34-. The number of nitrogens with zero attached hydrogens (tertiary/aromatic N) is 2. The molecule has 1 heterocycles. The third-order valence-electron chi connectivity index (χ3n) is 11.1. The Morgan fingerprint density at radius 3 is 1.77 bits per heavy atom. The minimum Gasteiger partial charge on any atom is -0.383 e. The van der Waals surface area contributed by atoms with Crippen LogP contribution in [0, 0.1) is 0 Å². The first-order chi connectivity index (χ1) is 28.2. The summed E-state index contributed by atoms with van der Waals surface area (Å²) in [6.45, 7) is 0. The molecule has 0 spiro atoms. The third kappa shape index (κ3) is 6.45. The number of para-hydroxylation sites is 2. The van der Waals surface area contributed by atoms with E-state index in [2.05, 4.69) is 187 Å².